The molecule has 7 heteroatoms. The van der Waals surface area contributed by atoms with Gasteiger partial charge in [-0.05, 0) is 41.4 Å². The summed E-state index contributed by atoms with van der Waals surface area (Å²) in [4.78, 5) is 11.8. The Kier molecular flexibility index (Phi) is 4.81. The van der Waals surface area contributed by atoms with Gasteiger partial charge in [0.25, 0.3) is 5.88 Å². The number of furan rings is 1. The first-order valence-corrected chi connectivity index (χ1v) is 7.34. The maximum absolute atomic E-state index is 11.8. The van der Waals surface area contributed by atoms with Crippen molar-refractivity contribution >= 4 is 6.09 Å². The van der Waals surface area contributed by atoms with Gasteiger partial charge in [0.1, 0.15) is 5.75 Å². The van der Waals surface area contributed by atoms with E-state index in [-0.39, 0.29) is 5.88 Å². The van der Waals surface area contributed by atoms with Gasteiger partial charge in [0.15, 0.2) is 5.76 Å². The lowest BCUT2D eigenvalue weighted by molar-refractivity contribution is 0.196. The summed E-state index contributed by atoms with van der Waals surface area (Å²) in [5.41, 5.74) is 1.05. The molecule has 24 heavy (non-hydrogen) atoms. The summed E-state index contributed by atoms with van der Waals surface area (Å²) in [7, 11) is 1.61. The lowest BCUT2D eigenvalue weighted by Gasteiger charge is -2.06. The fraction of sp³-hybridized carbons (Fsp3) is 0.176. The molecule has 1 N–H and O–H groups in total. The Balaban J connectivity index is 1.47. The molecule has 0 aliphatic rings. The first kappa shape index (κ1) is 15.7. The number of ether oxygens (including phenoxy) is 2. The van der Waals surface area contributed by atoms with Crippen LogP contribution >= 0.6 is 0 Å². The summed E-state index contributed by atoms with van der Waals surface area (Å²) in [6.07, 6.45) is 1.57. The minimum atomic E-state index is -0.600. The highest BCUT2D eigenvalue weighted by Crippen LogP contribution is 2.23. The van der Waals surface area contributed by atoms with E-state index in [1.807, 2.05) is 24.3 Å². The van der Waals surface area contributed by atoms with Gasteiger partial charge in [0.05, 0.1) is 19.4 Å². The summed E-state index contributed by atoms with van der Waals surface area (Å²) < 4.78 is 20.4. The maximum atomic E-state index is 11.8. The summed E-state index contributed by atoms with van der Waals surface area (Å²) in [5, 5.41) is 6.32. The van der Waals surface area contributed by atoms with Gasteiger partial charge in [-0.15, -0.1) is 0 Å². The Morgan fingerprint density at radius 2 is 2.12 bits per heavy atom. The van der Waals surface area contributed by atoms with Crippen molar-refractivity contribution in [3.05, 3.63) is 54.3 Å². The second-order valence-corrected chi connectivity index (χ2v) is 4.92. The second-order valence-electron chi connectivity index (χ2n) is 4.92. The van der Waals surface area contributed by atoms with Gasteiger partial charge in [-0.3, -0.25) is 0 Å². The molecule has 0 aliphatic carbocycles. The molecule has 0 radical (unpaired) electrons. The van der Waals surface area contributed by atoms with Crippen LogP contribution in [0.25, 0.3) is 11.5 Å². The van der Waals surface area contributed by atoms with Gasteiger partial charge in [-0.2, -0.15) is 0 Å². The molecule has 3 aromatic rings. The number of aromatic nitrogens is 1. The highest BCUT2D eigenvalue weighted by Gasteiger charge is 2.12. The number of amides is 1. The van der Waals surface area contributed by atoms with E-state index in [9.17, 15) is 4.79 Å². The van der Waals surface area contributed by atoms with Gasteiger partial charge < -0.3 is 23.7 Å². The number of nitrogens with one attached hydrogen (secondary N) is 1. The summed E-state index contributed by atoms with van der Waals surface area (Å²) >= 11 is 0. The fourth-order valence-electron chi connectivity index (χ4n) is 2.11. The Hall–Kier alpha value is -3.22. The van der Waals surface area contributed by atoms with Crippen LogP contribution in [0.4, 0.5) is 4.79 Å². The van der Waals surface area contributed by atoms with E-state index >= 15 is 0 Å². The predicted molar refractivity (Wildman–Crippen MR) is 84.9 cm³/mol. The highest BCUT2D eigenvalue weighted by molar-refractivity contribution is 5.70. The zero-order valence-corrected chi connectivity index (χ0v) is 13.0. The Labute approximate surface area is 138 Å². The van der Waals surface area contributed by atoms with Crippen molar-refractivity contribution in [2.24, 2.45) is 0 Å². The van der Waals surface area contributed by atoms with E-state index in [0.717, 1.165) is 11.3 Å². The minimum absolute atomic E-state index is 0.0697. The molecule has 2 aromatic heterocycles. The average Bonchev–Trinajstić information content (AvgIpc) is 3.26. The molecule has 0 unspecified atom stereocenters. The smallest absolute Gasteiger partial charge is 0.414 e. The molecule has 2 heterocycles. The standard InChI is InChI=1S/C17H16N2O5/c1-21-13-5-2-4-12(10-13)7-8-18-17(20)23-16-11-15(24-19-16)14-6-3-9-22-14/h2-6,9-11H,7-8H2,1H3,(H,18,20). The summed E-state index contributed by atoms with van der Waals surface area (Å²) in [5.74, 6) is 1.75. The fourth-order valence-corrected chi connectivity index (χ4v) is 2.11. The van der Waals surface area contributed by atoms with Crippen molar-refractivity contribution in [1.82, 2.24) is 10.5 Å². The maximum Gasteiger partial charge on any atom is 0.414 e. The van der Waals surface area contributed by atoms with Crippen LogP contribution in [0.3, 0.4) is 0 Å². The van der Waals surface area contributed by atoms with Gasteiger partial charge in [0.2, 0.25) is 5.76 Å². The van der Waals surface area contributed by atoms with Crippen LogP contribution in [-0.2, 0) is 6.42 Å². The lowest BCUT2D eigenvalue weighted by atomic mass is 10.1. The number of benzene rings is 1. The van der Waals surface area contributed by atoms with Crippen LogP contribution in [0.2, 0.25) is 0 Å². The molecule has 0 fully saturated rings. The number of carbonyl (C=O) groups excluding carboxylic acids is 1. The van der Waals surface area contributed by atoms with Crippen molar-refractivity contribution in [2.75, 3.05) is 13.7 Å². The van der Waals surface area contributed by atoms with Crippen molar-refractivity contribution in [2.45, 2.75) is 6.42 Å². The van der Waals surface area contributed by atoms with Crippen LogP contribution in [0.5, 0.6) is 11.6 Å². The zero-order valence-electron chi connectivity index (χ0n) is 13.0. The second kappa shape index (κ2) is 7.36. The lowest BCUT2D eigenvalue weighted by Crippen LogP contribution is -2.28. The molecule has 7 nitrogen and oxygen atoms in total. The van der Waals surface area contributed by atoms with E-state index in [1.165, 1.54) is 12.3 Å². The van der Waals surface area contributed by atoms with Gasteiger partial charge in [-0.1, -0.05) is 12.1 Å². The molecule has 1 aromatic carbocycles. The molecule has 1 amide bonds. The molecule has 0 aliphatic heterocycles. The Morgan fingerprint density at radius 1 is 1.21 bits per heavy atom. The van der Waals surface area contributed by atoms with E-state index in [2.05, 4.69) is 10.5 Å². The molecular formula is C17H16N2O5. The minimum Gasteiger partial charge on any atom is -0.497 e. The molecule has 3 rings (SSSR count). The summed E-state index contributed by atoms with van der Waals surface area (Å²) in [6, 6.07) is 12.6. The predicted octanol–water partition coefficient (Wildman–Crippen LogP) is 3.27. The first-order valence-electron chi connectivity index (χ1n) is 7.34. The quantitative estimate of drug-likeness (QED) is 0.747. The molecule has 0 bridgehead atoms. The average molecular weight is 328 g/mol. The third-order valence-corrected chi connectivity index (χ3v) is 3.27. The van der Waals surface area contributed by atoms with E-state index in [1.54, 1.807) is 19.2 Å². The van der Waals surface area contributed by atoms with Crippen LogP contribution in [0.15, 0.2) is 57.7 Å². The molecular weight excluding hydrogens is 312 g/mol. The van der Waals surface area contributed by atoms with E-state index < -0.39 is 6.09 Å². The largest absolute Gasteiger partial charge is 0.497 e. The molecule has 124 valence electrons. The highest BCUT2D eigenvalue weighted by atomic mass is 16.6. The number of methoxy groups -OCH3 is 1. The van der Waals surface area contributed by atoms with Crippen molar-refractivity contribution in [1.29, 1.82) is 0 Å². The van der Waals surface area contributed by atoms with Crippen molar-refractivity contribution < 1.29 is 23.2 Å². The number of rotatable bonds is 6. The molecule has 0 saturated heterocycles. The number of hydrogen-bond donors (Lipinski definition) is 1. The molecule has 0 saturated carbocycles. The number of carbonyl (C=O) groups is 1. The zero-order chi connectivity index (χ0) is 16.8. The monoisotopic (exact) mass is 328 g/mol. The third kappa shape index (κ3) is 3.95. The normalized spacial score (nSPS) is 10.4. The van der Waals surface area contributed by atoms with Crippen LogP contribution in [0, 0.1) is 0 Å². The topological polar surface area (TPSA) is 86.7 Å². The van der Waals surface area contributed by atoms with Crippen molar-refractivity contribution in [3.63, 3.8) is 0 Å². The first-order chi connectivity index (χ1) is 11.7. The number of nitrogens with zero attached hydrogens (tertiary/aromatic N) is 1. The summed E-state index contributed by atoms with van der Waals surface area (Å²) in [6.45, 7) is 0.425. The van der Waals surface area contributed by atoms with Crippen LogP contribution in [0.1, 0.15) is 5.56 Å². The van der Waals surface area contributed by atoms with E-state index in [4.69, 9.17) is 18.4 Å². The van der Waals surface area contributed by atoms with Gasteiger partial charge in [-0.25, -0.2) is 4.79 Å². The number of hydrogen-bond acceptors (Lipinski definition) is 6. The molecule has 0 atom stereocenters. The van der Waals surface area contributed by atoms with Crippen molar-refractivity contribution in [3.8, 4) is 23.1 Å². The van der Waals surface area contributed by atoms with Gasteiger partial charge in [0, 0.05) is 6.54 Å². The van der Waals surface area contributed by atoms with Crippen LogP contribution < -0.4 is 14.8 Å². The van der Waals surface area contributed by atoms with E-state index in [0.29, 0.717) is 24.5 Å². The van der Waals surface area contributed by atoms with Crippen LogP contribution in [-0.4, -0.2) is 24.9 Å². The molecule has 0 spiro atoms. The Morgan fingerprint density at radius 3 is 2.92 bits per heavy atom. The third-order valence-electron chi connectivity index (χ3n) is 3.27. The van der Waals surface area contributed by atoms with Gasteiger partial charge >= 0.3 is 6.09 Å². The Bertz CT molecular complexity index is 795. The SMILES string of the molecule is COc1cccc(CCNC(=O)Oc2cc(-c3ccco3)on2)c1.